The highest BCUT2D eigenvalue weighted by molar-refractivity contribution is 6.12. The minimum Gasteiger partial charge on any atom is -0.309 e. The van der Waals surface area contributed by atoms with Crippen molar-refractivity contribution in [2.75, 3.05) is 0 Å². The molecular formula is C55H41N3. The normalized spacial score (nSPS) is 12.6. The minimum atomic E-state index is 0.967. The zero-order valence-corrected chi connectivity index (χ0v) is 32.5. The molecule has 3 nitrogen and oxygen atoms in total. The van der Waals surface area contributed by atoms with E-state index in [1.54, 1.807) is 0 Å². The van der Waals surface area contributed by atoms with E-state index in [1.165, 1.54) is 71.7 Å². The van der Waals surface area contributed by atoms with Crippen molar-refractivity contribution in [3.8, 4) is 22.5 Å². The van der Waals surface area contributed by atoms with E-state index < -0.39 is 0 Å². The Morgan fingerprint density at radius 2 is 1.02 bits per heavy atom. The van der Waals surface area contributed by atoms with E-state index in [4.69, 9.17) is 4.98 Å². The molecule has 3 aromatic heterocycles. The van der Waals surface area contributed by atoms with Gasteiger partial charge in [-0.15, -0.1) is 0 Å². The number of nitrogens with zero attached hydrogens (tertiary/aromatic N) is 3. The van der Waals surface area contributed by atoms with E-state index in [1.807, 2.05) is 12.3 Å². The lowest BCUT2D eigenvalue weighted by atomic mass is 9.95. The summed E-state index contributed by atoms with van der Waals surface area (Å²) >= 11 is 0. The minimum absolute atomic E-state index is 0.967. The fourth-order valence-corrected chi connectivity index (χ4v) is 8.45. The van der Waals surface area contributed by atoms with Crippen molar-refractivity contribution in [2.45, 2.75) is 13.8 Å². The van der Waals surface area contributed by atoms with Gasteiger partial charge in [-0.1, -0.05) is 140 Å². The van der Waals surface area contributed by atoms with Gasteiger partial charge in [0.05, 0.1) is 16.6 Å². The van der Waals surface area contributed by atoms with Gasteiger partial charge in [-0.25, -0.2) is 4.98 Å². The summed E-state index contributed by atoms with van der Waals surface area (Å²) in [5.74, 6) is 0. The second-order valence-corrected chi connectivity index (χ2v) is 14.8. The number of pyridine rings is 1. The van der Waals surface area contributed by atoms with Gasteiger partial charge in [0.1, 0.15) is 5.65 Å². The van der Waals surface area contributed by atoms with Gasteiger partial charge in [0.15, 0.2) is 0 Å². The Bertz CT molecular complexity index is 3200. The highest BCUT2D eigenvalue weighted by Gasteiger charge is 2.17. The molecule has 0 aliphatic heterocycles. The fraction of sp³-hybridized carbons (Fsp3) is 0.0364. The number of fused-ring (bicyclic) bond motifs is 6. The molecule has 10 aromatic rings. The predicted molar refractivity (Wildman–Crippen MR) is 247 cm³/mol. The van der Waals surface area contributed by atoms with Crippen molar-refractivity contribution in [3.05, 3.63) is 229 Å². The third-order valence-corrected chi connectivity index (χ3v) is 11.3. The number of hydrogen-bond donors (Lipinski definition) is 0. The van der Waals surface area contributed by atoms with Crippen LogP contribution in [0.1, 0.15) is 30.5 Å². The van der Waals surface area contributed by atoms with Crippen molar-refractivity contribution in [2.24, 2.45) is 0 Å². The number of aromatic nitrogens is 3. The van der Waals surface area contributed by atoms with Crippen LogP contribution in [-0.2, 0) is 0 Å². The summed E-state index contributed by atoms with van der Waals surface area (Å²) in [5, 5.41) is 4.81. The Balaban J connectivity index is 1.04. The van der Waals surface area contributed by atoms with Crippen molar-refractivity contribution in [3.63, 3.8) is 0 Å². The number of para-hydroxylation sites is 2. The molecule has 0 radical (unpaired) electrons. The van der Waals surface area contributed by atoms with E-state index in [0.717, 1.165) is 27.9 Å². The van der Waals surface area contributed by atoms with Crippen LogP contribution in [0.15, 0.2) is 212 Å². The van der Waals surface area contributed by atoms with E-state index in [0.29, 0.717) is 0 Å². The monoisotopic (exact) mass is 743 g/mol. The Labute approximate surface area is 338 Å². The predicted octanol–water partition coefficient (Wildman–Crippen LogP) is 14.5. The van der Waals surface area contributed by atoms with Gasteiger partial charge in [-0.2, -0.15) is 0 Å². The standard InChI is InChI=1S/C55H41N3/c1-3-39(35-45(41-18-9-5-10-19-41)34-38(2)40-16-7-4-8-17-40)42-25-29-47(30-26-42)57-52-24-14-13-22-48(52)51-36-43(28-32-53(51)57)44-27-31-49-50-23-15-33-56-55(50)58(54(49)37-44)46-20-11-6-12-21-46/h3-37H,1-2H3/b38-34+,39-3-,45-35+. The average molecular weight is 744 g/mol. The maximum atomic E-state index is 4.82. The van der Waals surface area contributed by atoms with Crippen LogP contribution in [0.4, 0.5) is 0 Å². The molecule has 0 aliphatic rings. The molecule has 7 aromatic carbocycles. The van der Waals surface area contributed by atoms with Crippen LogP contribution in [0.5, 0.6) is 0 Å². The third kappa shape index (κ3) is 6.24. The number of hydrogen-bond acceptors (Lipinski definition) is 1. The summed E-state index contributed by atoms with van der Waals surface area (Å²) in [4.78, 5) is 4.82. The molecular weight excluding hydrogens is 703 g/mol. The van der Waals surface area contributed by atoms with Crippen molar-refractivity contribution >= 4 is 60.5 Å². The summed E-state index contributed by atoms with van der Waals surface area (Å²) in [5.41, 5.74) is 16.2. The number of rotatable bonds is 8. The van der Waals surface area contributed by atoms with Crippen molar-refractivity contribution in [1.82, 2.24) is 14.1 Å². The van der Waals surface area contributed by atoms with Crippen molar-refractivity contribution in [1.29, 1.82) is 0 Å². The van der Waals surface area contributed by atoms with Crippen LogP contribution in [0, 0.1) is 0 Å². The lowest BCUT2D eigenvalue weighted by Crippen LogP contribution is -1.95. The Morgan fingerprint density at radius 1 is 0.431 bits per heavy atom. The first kappa shape index (κ1) is 35.0. The molecule has 0 aliphatic carbocycles. The molecule has 0 spiro atoms. The van der Waals surface area contributed by atoms with Gasteiger partial charge in [-0.05, 0) is 125 Å². The first-order chi connectivity index (χ1) is 28.6. The van der Waals surface area contributed by atoms with Crippen molar-refractivity contribution < 1.29 is 0 Å². The molecule has 10 rings (SSSR count). The SMILES string of the molecule is C/C=C(/C=C(\C=C(/C)c1ccccc1)c1ccccc1)c1ccc(-n2c3ccccc3c3cc(-c4ccc5c6cccnc6n(-c6ccccc6)c5c4)ccc32)cc1. The molecule has 0 atom stereocenters. The molecule has 0 saturated carbocycles. The summed E-state index contributed by atoms with van der Waals surface area (Å²) < 4.78 is 4.68. The first-order valence-electron chi connectivity index (χ1n) is 19.9. The largest absolute Gasteiger partial charge is 0.309 e. The maximum Gasteiger partial charge on any atom is 0.145 e. The van der Waals surface area contributed by atoms with Crippen LogP contribution in [0.2, 0.25) is 0 Å². The zero-order chi connectivity index (χ0) is 39.0. The third-order valence-electron chi connectivity index (χ3n) is 11.3. The van der Waals surface area contributed by atoms with Gasteiger partial charge in [0.2, 0.25) is 0 Å². The summed E-state index contributed by atoms with van der Waals surface area (Å²) in [6, 6.07) is 67.5. The Hall–Kier alpha value is -7.49. The molecule has 0 bridgehead atoms. The van der Waals surface area contributed by atoms with Crippen LogP contribution in [-0.4, -0.2) is 14.1 Å². The molecule has 3 heterocycles. The van der Waals surface area contributed by atoms with E-state index in [-0.39, 0.29) is 0 Å². The van der Waals surface area contributed by atoms with Gasteiger partial charge >= 0.3 is 0 Å². The van der Waals surface area contributed by atoms with Gasteiger partial charge < -0.3 is 4.57 Å². The highest BCUT2D eigenvalue weighted by atomic mass is 15.0. The topological polar surface area (TPSA) is 22.8 Å². The molecule has 0 amide bonds. The van der Waals surface area contributed by atoms with Gasteiger partial charge in [0, 0.05) is 39.1 Å². The summed E-state index contributed by atoms with van der Waals surface area (Å²) in [7, 11) is 0. The average Bonchev–Trinajstić information content (AvgIpc) is 3.81. The maximum absolute atomic E-state index is 4.82. The zero-order valence-electron chi connectivity index (χ0n) is 32.5. The Kier molecular flexibility index (Phi) is 8.96. The smallest absolute Gasteiger partial charge is 0.145 e. The Morgan fingerprint density at radius 3 is 1.78 bits per heavy atom. The lowest BCUT2D eigenvalue weighted by Gasteiger charge is -2.12. The molecule has 0 N–H and O–H groups in total. The molecule has 276 valence electrons. The lowest BCUT2D eigenvalue weighted by molar-refractivity contribution is 1.14. The van der Waals surface area contributed by atoms with Crippen LogP contribution in [0.25, 0.3) is 83.0 Å². The van der Waals surface area contributed by atoms with Gasteiger partial charge in [0.25, 0.3) is 0 Å². The van der Waals surface area contributed by atoms with Crippen LogP contribution < -0.4 is 0 Å². The molecule has 0 unspecified atom stereocenters. The van der Waals surface area contributed by atoms with E-state index in [9.17, 15) is 0 Å². The number of benzene rings is 7. The first-order valence-corrected chi connectivity index (χ1v) is 19.9. The molecule has 3 heteroatoms. The molecule has 58 heavy (non-hydrogen) atoms. The summed E-state index contributed by atoms with van der Waals surface area (Å²) in [6.07, 6.45) is 8.70. The fourth-order valence-electron chi connectivity index (χ4n) is 8.45. The highest BCUT2D eigenvalue weighted by Crippen LogP contribution is 2.38. The molecule has 0 saturated heterocycles. The van der Waals surface area contributed by atoms with E-state index >= 15 is 0 Å². The van der Waals surface area contributed by atoms with Crippen LogP contribution in [0.3, 0.4) is 0 Å². The van der Waals surface area contributed by atoms with Gasteiger partial charge in [-0.3, -0.25) is 4.57 Å². The van der Waals surface area contributed by atoms with E-state index in [2.05, 4.69) is 223 Å². The quantitative estimate of drug-likeness (QED) is 0.142. The summed E-state index contributed by atoms with van der Waals surface area (Å²) in [6.45, 7) is 4.31. The van der Waals surface area contributed by atoms with Crippen LogP contribution >= 0.6 is 0 Å². The molecule has 0 fully saturated rings. The second-order valence-electron chi connectivity index (χ2n) is 14.8. The second kappa shape index (κ2) is 14.9. The number of allylic oxidation sites excluding steroid dienone is 6.